The van der Waals surface area contributed by atoms with Crippen molar-refractivity contribution in [3.05, 3.63) is 6.33 Å². The van der Waals surface area contributed by atoms with Crippen LogP contribution in [-0.4, -0.2) is 70.7 Å². The van der Waals surface area contributed by atoms with Crippen LogP contribution in [0.3, 0.4) is 0 Å². The summed E-state index contributed by atoms with van der Waals surface area (Å²) in [5, 5.41) is 0. The molecule has 2 heterocycles. The topological polar surface area (TPSA) is 82.1 Å². The van der Waals surface area contributed by atoms with Crippen LogP contribution in [0.15, 0.2) is 6.33 Å². The van der Waals surface area contributed by atoms with Gasteiger partial charge >= 0.3 is 12.4 Å². The van der Waals surface area contributed by atoms with Crippen LogP contribution in [0.2, 0.25) is 0 Å². The molecule has 0 fully saturated rings. The standard InChI is InChI=1S/C15H21F6N6OP/c1-9(28-8-29(5-14(16,17)18)6-15(19,20)21)4-27-7-23-10-11(26(2)3)24-13(22)25-12(10)27/h7,9H,4-6,8H2,1-3H3,(H2,22,24,25). The molecule has 164 valence electrons. The maximum atomic E-state index is 12.6. The summed E-state index contributed by atoms with van der Waals surface area (Å²) in [7, 11) is 1.06. The van der Waals surface area contributed by atoms with E-state index in [1.54, 1.807) is 30.5 Å². The summed E-state index contributed by atoms with van der Waals surface area (Å²) in [6.45, 7) is 1.68. The first-order chi connectivity index (χ1) is 13.2. The number of aromatic nitrogens is 4. The van der Waals surface area contributed by atoms with Crippen molar-refractivity contribution in [2.24, 2.45) is 0 Å². The van der Waals surface area contributed by atoms with Gasteiger partial charge < -0.3 is 19.9 Å². The molecule has 0 radical (unpaired) electrons. The molecule has 7 nitrogen and oxygen atoms in total. The van der Waals surface area contributed by atoms with E-state index in [0.717, 1.165) is 0 Å². The zero-order valence-corrected chi connectivity index (χ0v) is 16.8. The van der Waals surface area contributed by atoms with Gasteiger partial charge in [-0.3, -0.25) is 0 Å². The number of imidazole rings is 1. The Morgan fingerprint density at radius 1 is 1.14 bits per heavy atom. The van der Waals surface area contributed by atoms with Crippen molar-refractivity contribution in [3.8, 4) is 0 Å². The van der Waals surface area contributed by atoms with Gasteiger partial charge in [0.15, 0.2) is 17.0 Å². The Balaban J connectivity index is 2.08. The summed E-state index contributed by atoms with van der Waals surface area (Å²) in [5.41, 5.74) is 6.56. The molecule has 2 aromatic heterocycles. The summed E-state index contributed by atoms with van der Waals surface area (Å²) >= 11 is 0. The summed E-state index contributed by atoms with van der Waals surface area (Å²) in [4.78, 5) is 14.1. The molecule has 0 amide bonds. The van der Waals surface area contributed by atoms with E-state index < -0.39 is 45.0 Å². The Hall–Kier alpha value is -1.88. The van der Waals surface area contributed by atoms with Crippen LogP contribution >= 0.6 is 7.92 Å². The minimum atomic E-state index is -4.68. The molecule has 0 aliphatic rings. The Labute approximate surface area is 164 Å². The molecule has 0 saturated heterocycles. The number of halogens is 6. The van der Waals surface area contributed by atoms with Crippen molar-refractivity contribution >= 4 is 30.9 Å². The Morgan fingerprint density at radius 2 is 1.72 bits per heavy atom. The fraction of sp³-hybridized carbons (Fsp3) is 0.667. The van der Waals surface area contributed by atoms with E-state index in [1.807, 2.05) is 0 Å². The quantitative estimate of drug-likeness (QED) is 0.494. The van der Waals surface area contributed by atoms with Gasteiger partial charge in [0.1, 0.15) is 0 Å². The van der Waals surface area contributed by atoms with Crippen molar-refractivity contribution in [2.75, 3.05) is 43.4 Å². The number of hydrogen-bond acceptors (Lipinski definition) is 6. The summed E-state index contributed by atoms with van der Waals surface area (Å²) in [6.07, 6.45) is -12.2. The highest BCUT2D eigenvalue weighted by Gasteiger charge is 2.38. The lowest BCUT2D eigenvalue weighted by molar-refractivity contribution is -0.112. The predicted octanol–water partition coefficient (Wildman–Crippen LogP) is 3.44. The summed E-state index contributed by atoms with van der Waals surface area (Å²) in [6, 6.07) is 0. The Kier molecular flexibility index (Phi) is 7.15. The third kappa shape index (κ3) is 7.14. The Morgan fingerprint density at radius 3 is 2.24 bits per heavy atom. The lowest BCUT2D eigenvalue weighted by Crippen LogP contribution is -2.24. The van der Waals surface area contributed by atoms with E-state index in [1.165, 1.54) is 6.33 Å². The molecule has 0 aliphatic carbocycles. The second-order valence-corrected chi connectivity index (χ2v) is 8.93. The van der Waals surface area contributed by atoms with Crippen molar-refractivity contribution in [1.82, 2.24) is 19.5 Å². The third-order valence-corrected chi connectivity index (χ3v) is 5.81. The first kappa shape index (κ1) is 23.4. The zero-order chi connectivity index (χ0) is 22.0. The highest BCUT2D eigenvalue weighted by atomic mass is 31.1. The third-order valence-electron chi connectivity index (χ3n) is 3.69. The van der Waals surface area contributed by atoms with Crippen LogP contribution in [0.25, 0.3) is 11.2 Å². The number of hydrogen-bond donors (Lipinski definition) is 1. The molecular formula is C15H21F6N6OP. The number of ether oxygens (including phenoxy) is 1. The number of rotatable bonds is 8. The van der Waals surface area contributed by atoms with E-state index in [2.05, 4.69) is 15.0 Å². The van der Waals surface area contributed by atoms with Gasteiger partial charge in [-0.25, -0.2) is 4.98 Å². The molecule has 29 heavy (non-hydrogen) atoms. The largest absolute Gasteiger partial charge is 0.392 e. The lowest BCUT2D eigenvalue weighted by Gasteiger charge is -2.23. The molecule has 1 atom stereocenters. The molecule has 14 heteroatoms. The lowest BCUT2D eigenvalue weighted by atomic mass is 10.4. The molecule has 2 aromatic rings. The summed E-state index contributed by atoms with van der Waals surface area (Å²) < 4.78 is 82.4. The van der Waals surface area contributed by atoms with E-state index in [-0.39, 0.29) is 12.5 Å². The molecule has 2 rings (SSSR count). The molecule has 0 saturated carbocycles. The van der Waals surface area contributed by atoms with Gasteiger partial charge in [0.2, 0.25) is 5.95 Å². The fourth-order valence-electron chi connectivity index (χ4n) is 2.61. The maximum absolute atomic E-state index is 12.6. The van der Waals surface area contributed by atoms with Crippen molar-refractivity contribution < 1.29 is 31.1 Å². The van der Waals surface area contributed by atoms with E-state index >= 15 is 0 Å². The minimum absolute atomic E-state index is 0.00963. The highest BCUT2D eigenvalue weighted by Crippen LogP contribution is 2.45. The number of anilines is 2. The van der Waals surface area contributed by atoms with Crippen LogP contribution in [0, 0.1) is 0 Å². The highest BCUT2D eigenvalue weighted by molar-refractivity contribution is 7.57. The van der Waals surface area contributed by atoms with Crippen LogP contribution in [0.5, 0.6) is 0 Å². The molecule has 0 aromatic carbocycles. The smallest absolute Gasteiger partial charge is 0.372 e. The van der Waals surface area contributed by atoms with Crippen LogP contribution in [-0.2, 0) is 11.3 Å². The van der Waals surface area contributed by atoms with E-state index in [0.29, 0.717) is 17.0 Å². The maximum Gasteiger partial charge on any atom is 0.392 e. The van der Waals surface area contributed by atoms with Gasteiger partial charge in [-0.1, -0.05) is 7.92 Å². The van der Waals surface area contributed by atoms with Gasteiger partial charge in [-0.05, 0) is 6.92 Å². The van der Waals surface area contributed by atoms with Crippen LogP contribution in [0.4, 0.5) is 38.1 Å². The molecule has 2 N–H and O–H groups in total. The molecule has 0 aliphatic heterocycles. The second-order valence-electron chi connectivity index (χ2n) is 6.69. The second kappa shape index (κ2) is 8.86. The first-order valence-corrected chi connectivity index (χ1v) is 10.3. The monoisotopic (exact) mass is 446 g/mol. The SMILES string of the molecule is CC(Cn1cnc2c(N(C)C)nc(N)nc21)OCP(CC(F)(F)F)CC(F)(F)F. The van der Waals surface area contributed by atoms with Gasteiger partial charge in [-0.15, -0.1) is 0 Å². The number of alkyl halides is 6. The van der Waals surface area contributed by atoms with E-state index in [4.69, 9.17) is 10.5 Å². The number of nitrogens with two attached hydrogens (primary N) is 1. The Bertz CT molecular complexity index is 808. The van der Waals surface area contributed by atoms with Gasteiger partial charge in [0.05, 0.1) is 37.6 Å². The van der Waals surface area contributed by atoms with Gasteiger partial charge in [0.25, 0.3) is 0 Å². The predicted molar refractivity (Wildman–Crippen MR) is 98.2 cm³/mol. The van der Waals surface area contributed by atoms with Crippen molar-refractivity contribution in [2.45, 2.75) is 31.9 Å². The molecular weight excluding hydrogens is 425 g/mol. The summed E-state index contributed by atoms with van der Waals surface area (Å²) in [5.74, 6) is 0.495. The molecule has 0 bridgehead atoms. The normalized spacial score (nSPS) is 14.0. The zero-order valence-electron chi connectivity index (χ0n) is 15.9. The van der Waals surface area contributed by atoms with Crippen molar-refractivity contribution in [3.63, 3.8) is 0 Å². The fourth-order valence-corrected chi connectivity index (χ4v) is 4.38. The van der Waals surface area contributed by atoms with Gasteiger partial charge in [0, 0.05) is 14.1 Å². The number of fused-ring (bicyclic) bond motifs is 1. The average Bonchev–Trinajstić information content (AvgIpc) is 2.91. The number of nitrogen functional groups attached to an aromatic ring is 1. The van der Waals surface area contributed by atoms with Crippen molar-refractivity contribution in [1.29, 1.82) is 0 Å². The van der Waals surface area contributed by atoms with E-state index in [9.17, 15) is 26.3 Å². The molecule has 1 unspecified atom stereocenters. The first-order valence-electron chi connectivity index (χ1n) is 8.38. The minimum Gasteiger partial charge on any atom is -0.372 e. The van der Waals surface area contributed by atoms with Gasteiger partial charge in [-0.2, -0.15) is 36.3 Å². The number of nitrogens with zero attached hydrogens (tertiary/aromatic N) is 5. The van der Waals surface area contributed by atoms with Crippen LogP contribution in [0.1, 0.15) is 6.92 Å². The molecule has 0 spiro atoms. The van der Waals surface area contributed by atoms with Crippen LogP contribution < -0.4 is 10.6 Å². The average molecular weight is 446 g/mol.